The molecule has 2 rings (SSSR count). The zero-order chi connectivity index (χ0) is 15.4. The SMILES string of the molecule is CC(C)CC(C)N(C)c1cc(N)nc(-c2ccccc2)n1. The number of hydrogen-bond acceptors (Lipinski definition) is 4. The normalized spacial score (nSPS) is 12.4. The monoisotopic (exact) mass is 284 g/mol. The molecule has 1 heterocycles. The smallest absolute Gasteiger partial charge is 0.163 e. The number of nitrogen functional groups attached to an aromatic ring is 1. The summed E-state index contributed by atoms with van der Waals surface area (Å²) in [4.78, 5) is 11.2. The molecule has 0 aliphatic heterocycles. The Kier molecular flexibility index (Phi) is 4.78. The molecule has 112 valence electrons. The second kappa shape index (κ2) is 6.57. The summed E-state index contributed by atoms with van der Waals surface area (Å²) in [5.74, 6) is 2.70. The second-order valence-electron chi connectivity index (χ2n) is 5.93. The molecule has 1 aromatic carbocycles. The zero-order valence-electron chi connectivity index (χ0n) is 13.2. The highest BCUT2D eigenvalue weighted by Crippen LogP contribution is 2.23. The lowest BCUT2D eigenvalue weighted by Crippen LogP contribution is -2.31. The van der Waals surface area contributed by atoms with Crippen LogP contribution in [0.15, 0.2) is 36.4 Å². The molecular weight excluding hydrogens is 260 g/mol. The van der Waals surface area contributed by atoms with Crippen molar-refractivity contribution < 1.29 is 0 Å². The van der Waals surface area contributed by atoms with Crippen LogP contribution in [0, 0.1) is 5.92 Å². The van der Waals surface area contributed by atoms with Gasteiger partial charge in [-0.25, -0.2) is 9.97 Å². The van der Waals surface area contributed by atoms with Gasteiger partial charge in [-0.3, -0.25) is 0 Å². The van der Waals surface area contributed by atoms with E-state index in [0.717, 1.165) is 17.8 Å². The minimum absolute atomic E-state index is 0.405. The molecule has 1 unspecified atom stereocenters. The van der Waals surface area contributed by atoms with E-state index in [4.69, 9.17) is 5.73 Å². The van der Waals surface area contributed by atoms with Crippen molar-refractivity contribution >= 4 is 11.6 Å². The van der Waals surface area contributed by atoms with Gasteiger partial charge in [0, 0.05) is 24.7 Å². The van der Waals surface area contributed by atoms with Crippen molar-refractivity contribution in [3.05, 3.63) is 36.4 Å². The molecule has 21 heavy (non-hydrogen) atoms. The van der Waals surface area contributed by atoms with E-state index >= 15 is 0 Å². The van der Waals surface area contributed by atoms with Crippen LogP contribution in [-0.4, -0.2) is 23.1 Å². The summed E-state index contributed by atoms with van der Waals surface area (Å²) >= 11 is 0. The molecule has 0 aliphatic rings. The summed E-state index contributed by atoms with van der Waals surface area (Å²) in [5.41, 5.74) is 6.94. The summed E-state index contributed by atoms with van der Waals surface area (Å²) in [5, 5.41) is 0. The topological polar surface area (TPSA) is 55.0 Å². The molecule has 0 spiro atoms. The Hall–Kier alpha value is -2.10. The zero-order valence-corrected chi connectivity index (χ0v) is 13.2. The standard InChI is InChI=1S/C17H24N4/c1-12(2)10-13(3)21(4)16-11-15(18)19-17(20-16)14-8-6-5-7-9-14/h5-9,11-13H,10H2,1-4H3,(H2,18,19,20). The van der Waals surface area contributed by atoms with Gasteiger partial charge in [0.1, 0.15) is 11.6 Å². The van der Waals surface area contributed by atoms with Crippen molar-refractivity contribution in [2.24, 2.45) is 5.92 Å². The van der Waals surface area contributed by atoms with Crippen LogP contribution in [0.1, 0.15) is 27.2 Å². The Morgan fingerprint density at radius 3 is 2.38 bits per heavy atom. The summed E-state index contributed by atoms with van der Waals surface area (Å²) in [7, 11) is 2.06. The number of aromatic nitrogens is 2. The predicted molar refractivity (Wildman–Crippen MR) is 89.2 cm³/mol. The van der Waals surface area contributed by atoms with Crippen LogP contribution in [0.2, 0.25) is 0 Å². The summed E-state index contributed by atoms with van der Waals surface area (Å²) < 4.78 is 0. The molecular formula is C17H24N4. The molecule has 0 bridgehead atoms. The highest BCUT2D eigenvalue weighted by atomic mass is 15.2. The van der Waals surface area contributed by atoms with Gasteiger partial charge in [-0.2, -0.15) is 0 Å². The summed E-state index contributed by atoms with van der Waals surface area (Å²) in [6, 6.07) is 12.2. The first-order chi connectivity index (χ1) is 9.97. The Bertz CT molecular complexity index is 581. The maximum atomic E-state index is 5.96. The van der Waals surface area contributed by atoms with Crippen molar-refractivity contribution in [2.75, 3.05) is 17.7 Å². The van der Waals surface area contributed by atoms with Crippen LogP contribution in [0.3, 0.4) is 0 Å². The van der Waals surface area contributed by atoms with Crippen molar-refractivity contribution in [1.82, 2.24) is 9.97 Å². The molecule has 0 amide bonds. The fourth-order valence-corrected chi connectivity index (χ4v) is 2.42. The molecule has 0 saturated carbocycles. The van der Waals surface area contributed by atoms with E-state index in [-0.39, 0.29) is 0 Å². The van der Waals surface area contributed by atoms with Crippen LogP contribution in [0.5, 0.6) is 0 Å². The van der Waals surface area contributed by atoms with E-state index in [2.05, 4.69) is 42.7 Å². The second-order valence-corrected chi connectivity index (χ2v) is 5.93. The van der Waals surface area contributed by atoms with Gasteiger partial charge in [-0.1, -0.05) is 44.2 Å². The van der Waals surface area contributed by atoms with Gasteiger partial charge in [-0.05, 0) is 19.3 Å². The fraction of sp³-hybridized carbons (Fsp3) is 0.412. The van der Waals surface area contributed by atoms with Crippen LogP contribution in [-0.2, 0) is 0 Å². The number of nitrogens with zero attached hydrogens (tertiary/aromatic N) is 3. The van der Waals surface area contributed by atoms with E-state index in [0.29, 0.717) is 23.6 Å². The molecule has 2 N–H and O–H groups in total. The average molecular weight is 284 g/mol. The van der Waals surface area contributed by atoms with Crippen molar-refractivity contribution in [2.45, 2.75) is 33.2 Å². The van der Waals surface area contributed by atoms with Crippen molar-refractivity contribution in [3.8, 4) is 11.4 Å². The lowest BCUT2D eigenvalue weighted by atomic mass is 10.0. The average Bonchev–Trinajstić information content (AvgIpc) is 2.46. The van der Waals surface area contributed by atoms with Gasteiger partial charge in [0.25, 0.3) is 0 Å². The molecule has 0 saturated heterocycles. The largest absolute Gasteiger partial charge is 0.384 e. The van der Waals surface area contributed by atoms with E-state index < -0.39 is 0 Å². The lowest BCUT2D eigenvalue weighted by molar-refractivity contribution is 0.502. The highest BCUT2D eigenvalue weighted by Gasteiger charge is 2.15. The minimum atomic E-state index is 0.405. The first-order valence-electron chi connectivity index (χ1n) is 7.40. The quantitative estimate of drug-likeness (QED) is 0.911. The van der Waals surface area contributed by atoms with Crippen molar-refractivity contribution in [3.63, 3.8) is 0 Å². The lowest BCUT2D eigenvalue weighted by Gasteiger charge is -2.27. The molecule has 1 aromatic heterocycles. The molecule has 4 nitrogen and oxygen atoms in total. The predicted octanol–water partition coefficient (Wildman–Crippen LogP) is 3.60. The molecule has 0 aliphatic carbocycles. The maximum Gasteiger partial charge on any atom is 0.163 e. The van der Waals surface area contributed by atoms with Gasteiger partial charge >= 0.3 is 0 Å². The van der Waals surface area contributed by atoms with E-state index in [9.17, 15) is 0 Å². The third-order valence-electron chi connectivity index (χ3n) is 3.60. The van der Waals surface area contributed by atoms with Gasteiger partial charge in [0.15, 0.2) is 5.82 Å². The van der Waals surface area contributed by atoms with Crippen LogP contribution in [0.25, 0.3) is 11.4 Å². The van der Waals surface area contributed by atoms with Crippen molar-refractivity contribution in [1.29, 1.82) is 0 Å². The Morgan fingerprint density at radius 1 is 1.10 bits per heavy atom. The third kappa shape index (κ3) is 3.94. The Morgan fingerprint density at radius 2 is 1.76 bits per heavy atom. The number of benzene rings is 1. The molecule has 2 aromatic rings. The molecule has 1 atom stereocenters. The number of hydrogen-bond donors (Lipinski definition) is 1. The van der Waals surface area contributed by atoms with Gasteiger partial charge in [0.2, 0.25) is 0 Å². The first kappa shape index (κ1) is 15.3. The van der Waals surface area contributed by atoms with Crippen LogP contribution < -0.4 is 10.6 Å². The Labute approximate surface area is 127 Å². The number of rotatable bonds is 5. The number of anilines is 2. The van der Waals surface area contributed by atoms with Crippen LogP contribution in [0.4, 0.5) is 11.6 Å². The first-order valence-corrected chi connectivity index (χ1v) is 7.40. The van der Waals surface area contributed by atoms with E-state index in [1.54, 1.807) is 0 Å². The van der Waals surface area contributed by atoms with Gasteiger partial charge in [0.05, 0.1) is 0 Å². The van der Waals surface area contributed by atoms with Crippen LogP contribution >= 0.6 is 0 Å². The van der Waals surface area contributed by atoms with E-state index in [1.807, 2.05) is 36.4 Å². The Balaban J connectivity index is 2.31. The summed E-state index contributed by atoms with van der Waals surface area (Å²) in [6.07, 6.45) is 1.11. The fourth-order valence-electron chi connectivity index (χ4n) is 2.42. The van der Waals surface area contributed by atoms with Gasteiger partial charge in [-0.15, -0.1) is 0 Å². The molecule has 4 heteroatoms. The van der Waals surface area contributed by atoms with E-state index in [1.165, 1.54) is 0 Å². The molecule has 0 fully saturated rings. The minimum Gasteiger partial charge on any atom is -0.384 e. The van der Waals surface area contributed by atoms with Gasteiger partial charge < -0.3 is 10.6 Å². The molecule has 0 radical (unpaired) electrons. The summed E-state index contributed by atoms with van der Waals surface area (Å²) in [6.45, 7) is 6.67. The number of nitrogens with two attached hydrogens (primary N) is 1. The third-order valence-corrected chi connectivity index (χ3v) is 3.60. The highest BCUT2D eigenvalue weighted by molar-refractivity contribution is 5.60. The maximum absolute atomic E-state index is 5.96.